The zero-order valence-corrected chi connectivity index (χ0v) is 12.3. The minimum Gasteiger partial charge on any atom is -0.326 e. The third-order valence-corrected chi connectivity index (χ3v) is 4.52. The van der Waals surface area contributed by atoms with E-state index in [0.717, 1.165) is 5.56 Å². The predicted octanol–water partition coefficient (Wildman–Crippen LogP) is 1.47. The van der Waals surface area contributed by atoms with Crippen LogP contribution >= 0.6 is 0 Å². The number of nitrogens with two attached hydrogens (primary N) is 1. The molecule has 0 aliphatic rings. The third-order valence-electron chi connectivity index (χ3n) is 2.97. The molecule has 1 heterocycles. The van der Waals surface area contributed by atoms with Crippen LogP contribution in [0.2, 0.25) is 0 Å². The maximum atomic E-state index is 12.3. The van der Waals surface area contributed by atoms with Gasteiger partial charge in [-0.3, -0.25) is 9.40 Å². The van der Waals surface area contributed by atoms with E-state index in [1.54, 1.807) is 36.0 Å². The van der Waals surface area contributed by atoms with Gasteiger partial charge in [0, 0.05) is 19.3 Å². The molecule has 20 heavy (non-hydrogen) atoms. The van der Waals surface area contributed by atoms with E-state index in [1.807, 2.05) is 6.92 Å². The van der Waals surface area contributed by atoms with Crippen molar-refractivity contribution in [1.29, 1.82) is 0 Å². The second-order valence-electron chi connectivity index (χ2n) is 4.49. The summed E-state index contributed by atoms with van der Waals surface area (Å²) in [4.78, 5) is 0.249. The Bertz CT molecular complexity index is 707. The molecule has 2 rings (SSSR count). The average molecular weight is 294 g/mol. The number of hydrogen-bond donors (Lipinski definition) is 2. The first-order chi connectivity index (χ1) is 9.46. The lowest BCUT2D eigenvalue weighted by atomic mass is 10.1. The predicted molar refractivity (Wildman–Crippen MR) is 77.8 cm³/mol. The van der Waals surface area contributed by atoms with Crippen LogP contribution in [0, 0.1) is 6.92 Å². The van der Waals surface area contributed by atoms with E-state index in [1.165, 1.54) is 6.20 Å². The van der Waals surface area contributed by atoms with Gasteiger partial charge < -0.3 is 5.73 Å². The van der Waals surface area contributed by atoms with Crippen LogP contribution in [-0.2, 0) is 23.1 Å². The van der Waals surface area contributed by atoms with Crippen LogP contribution < -0.4 is 10.5 Å². The number of benzene rings is 1. The zero-order valence-electron chi connectivity index (χ0n) is 11.5. The highest BCUT2D eigenvalue weighted by atomic mass is 32.2. The summed E-state index contributed by atoms with van der Waals surface area (Å²) in [5.41, 5.74) is 7.57. The first kappa shape index (κ1) is 14.5. The summed E-state index contributed by atoms with van der Waals surface area (Å²) < 4.78 is 28.9. The fraction of sp³-hybridized carbons (Fsp3) is 0.308. The second-order valence-corrected chi connectivity index (χ2v) is 6.15. The Morgan fingerprint density at radius 2 is 2.15 bits per heavy atom. The number of anilines is 1. The maximum absolute atomic E-state index is 12.3. The molecule has 0 unspecified atom stereocenters. The normalized spacial score (nSPS) is 11.6. The Kier molecular flexibility index (Phi) is 4.10. The van der Waals surface area contributed by atoms with Crippen molar-refractivity contribution in [3.63, 3.8) is 0 Å². The van der Waals surface area contributed by atoms with Gasteiger partial charge in [0.15, 0.2) is 0 Å². The van der Waals surface area contributed by atoms with Gasteiger partial charge in [-0.05, 0) is 31.0 Å². The third kappa shape index (κ3) is 3.00. The number of aromatic nitrogens is 2. The smallest absolute Gasteiger partial charge is 0.262 e. The topological polar surface area (TPSA) is 90.0 Å². The number of rotatable bonds is 5. The Balaban J connectivity index is 2.30. The van der Waals surface area contributed by atoms with Crippen molar-refractivity contribution in [1.82, 2.24) is 9.78 Å². The minimum absolute atomic E-state index is 0.249. The molecule has 7 heteroatoms. The summed E-state index contributed by atoms with van der Waals surface area (Å²) in [6, 6.07) is 5.07. The molecule has 0 saturated carbocycles. The van der Waals surface area contributed by atoms with Crippen molar-refractivity contribution >= 4 is 15.7 Å². The van der Waals surface area contributed by atoms with Crippen LogP contribution in [0.3, 0.4) is 0 Å². The molecule has 0 radical (unpaired) electrons. The molecular formula is C13H18N4O2S. The molecular weight excluding hydrogens is 276 g/mol. The summed E-state index contributed by atoms with van der Waals surface area (Å²) in [6.45, 7) is 4.76. The van der Waals surface area contributed by atoms with Crippen molar-refractivity contribution in [2.45, 2.75) is 31.8 Å². The number of aryl methyl sites for hydroxylation is 2. The highest BCUT2D eigenvalue weighted by molar-refractivity contribution is 7.92. The molecule has 0 fully saturated rings. The van der Waals surface area contributed by atoms with Gasteiger partial charge in [0.1, 0.15) is 0 Å². The summed E-state index contributed by atoms with van der Waals surface area (Å²) in [5, 5.41) is 4.04. The van der Waals surface area contributed by atoms with E-state index in [0.29, 0.717) is 24.3 Å². The molecule has 0 atom stereocenters. The Morgan fingerprint density at radius 1 is 1.40 bits per heavy atom. The summed E-state index contributed by atoms with van der Waals surface area (Å²) >= 11 is 0. The highest BCUT2D eigenvalue weighted by Crippen LogP contribution is 2.20. The van der Waals surface area contributed by atoms with Gasteiger partial charge in [0.25, 0.3) is 10.0 Å². The zero-order chi connectivity index (χ0) is 14.8. The Morgan fingerprint density at radius 3 is 2.70 bits per heavy atom. The van der Waals surface area contributed by atoms with Crippen molar-refractivity contribution in [3.05, 3.63) is 41.7 Å². The van der Waals surface area contributed by atoms with E-state index in [4.69, 9.17) is 5.73 Å². The monoisotopic (exact) mass is 294 g/mol. The van der Waals surface area contributed by atoms with Crippen molar-refractivity contribution in [2.24, 2.45) is 5.73 Å². The van der Waals surface area contributed by atoms with Gasteiger partial charge in [-0.1, -0.05) is 12.1 Å². The quantitative estimate of drug-likeness (QED) is 0.873. The van der Waals surface area contributed by atoms with Crippen molar-refractivity contribution in [3.8, 4) is 0 Å². The molecule has 3 N–H and O–H groups in total. The van der Waals surface area contributed by atoms with Gasteiger partial charge in [-0.25, -0.2) is 8.42 Å². The number of sulfonamides is 1. The van der Waals surface area contributed by atoms with Crippen molar-refractivity contribution in [2.75, 3.05) is 4.72 Å². The molecule has 108 valence electrons. The number of nitrogens with one attached hydrogen (secondary N) is 1. The molecule has 0 amide bonds. The van der Waals surface area contributed by atoms with E-state index in [2.05, 4.69) is 9.82 Å². The second kappa shape index (κ2) is 5.64. The summed E-state index contributed by atoms with van der Waals surface area (Å²) in [6.07, 6.45) is 3.14. The van der Waals surface area contributed by atoms with Gasteiger partial charge >= 0.3 is 0 Å². The fourth-order valence-electron chi connectivity index (χ4n) is 1.94. The van der Waals surface area contributed by atoms with Crippen LogP contribution in [0.4, 0.5) is 5.69 Å². The lowest BCUT2D eigenvalue weighted by Gasteiger charge is -2.10. The standard InChI is InChI=1S/C13H18N4O2S/c1-3-17-9-12(8-15-17)16-20(18,19)13-5-4-11(7-14)6-10(13)2/h4-6,8-9,16H,3,7,14H2,1-2H3. The molecule has 2 aromatic rings. The lowest BCUT2D eigenvalue weighted by Crippen LogP contribution is -2.14. The summed E-state index contributed by atoms with van der Waals surface area (Å²) in [7, 11) is -3.61. The fourth-order valence-corrected chi connectivity index (χ4v) is 3.20. The van der Waals surface area contributed by atoms with Crippen LogP contribution in [-0.4, -0.2) is 18.2 Å². The maximum Gasteiger partial charge on any atom is 0.262 e. The molecule has 0 aliphatic heterocycles. The first-order valence-corrected chi connectivity index (χ1v) is 7.79. The molecule has 0 bridgehead atoms. The van der Waals surface area contributed by atoms with E-state index in [-0.39, 0.29) is 4.90 Å². The van der Waals surface area contributed by atoms with E-state index < -0.39 is 10.0 Å². The van der Waals surface area contributed by atoms with Crippen molar-refractivity contribution < 1.29 is 8.42 Å². The van der Waals surface area contributed by atoms with Gasteiger partial charge in [-0.15, -0.1) is 0 Å². The summed E-state index contributed by atoms with van der Waals surface area (Å²) in [5.74, 6) is 0. The van der Waals surface area contributed by atoms with E-state index >= 15 is 0 Å². The average Bonchev–Trinajstić information content (AvgIpc) is 2.85. The largest absolute Gasteiger partial charge is 0.326 e. The first-order valence-electron chi connectivity index (χ1n) is 6.31. The van der Waals surface area contributed by atoms with Gasteiger partial charge in [-0.2, -0.15) is 5.10 Å². The SMILES string of the molecule is CCn1cc(NS(=O)(=O)c2ccc(CN)cc2C)cn1. The molecule has 0 saturated heterocycles. The highest BCUT2D eigenvalue weighted by Gasteiger charge is 2.17. The molecule has 1 aromatic heterocycles. The number of nitrogens with zero attached hydrogens (tertiary/aromatic N) is 2. The molecule has 0 spiro atoms. The Labute approximate surface area is 118 Å². The molecule has 0 aliphatic carbocycles. The van der Waals surface area contributed by atoms with Gasteiger partial charge in [0.05, 0.1) is 16.8 Å². The molecule has 6 nitrogen and oxygen atoms in total. The van der Waals surface area contributed by atoms with Crippen LogP contribution in [0.1, 0.15) is 18.1 Å². The number of hydrogen-bond acceptors (Lipinski definition) is 4. The lowest BCUT2D eigenvalue weighted by molar-refractivity contribution is 0.600. The van der Waals surface area contributed by atoms with Crippen LogP contribution in [0.25, 0.3) is 0 Å². The molecule has 1 aromatic carbocycles. The Hall–Kier alpha value is -1.86. The van der Waals surface area contributed by atoms with Crippen LogP contribution in [0.15, 0.2) is 35.5 Å². The van der Waals surface area contributed by atoms with Gasteiger partial charge in [0.2, 0.25) is 0 Å². The minimum atomic E-state index is -3.61. The van der Waals surface area contributed by atoms with E-state index in [9.17, 15) is 8.42 Å². The van der Waals surface area contributed by atoms with Crippen LogP contribution in [0.5, 0.6) is 0 Å².